The Balaban J connectivity index is 1.73. The van der Waals surface area contributed by atoms with E-state index in [0.717, 1.165) is 17.1 Å². The maximum atomic E-state index is 12.8. The van der Waals surface area contributed by atoms with Gasteiger partial charge < -0.3 is 19.9 Å². The van der Waals surface area contributed by atoms with Crippen LogP contribution in [0, 0.1) is 5.92 Å². The average molecular weight is 388 g/mol. The molecule has 0 aliphatic carbocycles. The third-order valence-electron chi connectivity index (χ3n) is 4.58. The van der Waals surface area contributed by atoms with Crippen LogP contribution < -0.4 is 19.9 Å². The molecule has 1 aliphatic rings. The predicted molar refractivity (Wildman–Crippen MR) is 108 cm³/mol. The van der Waals surface area contributed by atoms with Crippen molar-refractivity contribution >= 4 is 40.5 Å². The van der Waals surface area contributed by atoms with Crippen molar-refractivity contribution in [2.45, 2.75) is 6.42 Å². The number of methoxy groups -OCH3 is 1. The number of anilines is 3. The van der Waals surface area contributed by atoms with Gasteiger partial charge in [-0.3, -0.25) is 9.59 Å². The molecule has 0 saturated carbocycles. The van der Waals surface area contributed by atoms with Gasteiger partial charge in [-0.2, -0.15) is 0 Å². The number of hydrogen-bond donors (Lipinski definition) is 1. The molecule has 1 N–H and O–H groups in total. The highest BCUT2D eigenvalue weighted by Gasteiger charge is 2.35. The lowest BCUT2D eigenvalue weighted by Gasteiger charge is -2.20. The highest BCUT2D eigenvalue weighted by Crippen LogP contribution is 2.31. The van der Waals surface area contributed by atoms with Gasteiger partial charge in [0, 0.05) is 37.8 Å². The van der Waals surface area contributed by atoms with E-state index < -0.39 is 5.92 Å². The van der Waals surface area contributed by atoms with Gasteiger partial charge >= 0.3 is 0 Å². The number of halogens is 1. The van der Waals surface area contributed by atoms with E-state index in [1.807, 2.05) is 37.2 Å². The number of nitrogens with zero attached hydrogens (tertiary/aromatic N) is 2. The van der Waals surface area contributed by atoms with Crippen molar-refractivity contribution in [3.63, 3.8) is 0 Å². The maximum absolute atomic E-state index is 12.8. The van der Waals surface area contributed by atoms with Gasteiger partial charge in [0.25, 0.3) is 0 Å². The molecule has 2 aromatic rings. The van der Waals surface area contributed by atoms with Gasteiger partial charge in [-0.25, -0.2) is 0 Å². The molecule has 7 heteroatoms. The van der Waals surface area contributed by atoms with Crippen molar-refractivity contribution in [3.8, 4) is 5.75 Å². The number of ether oxygens (including phenoxy) is 1. The molecular weight excluding hydrogens is 366 g/mol. The summed E-state index contributed by atoms with van der Waals surface area (Å²) in [5.74, 6) is 0.0365. The first-order valence-electron chi connectivity index (χ1n) is 8.61. The molecule has 2 amide bonds. The zero-order chi connectivity index (χ0) is 19.6. The molecule has 1 saturated heterocycles. The van der Waals surface area contributed by atoms with E-state index in [1.165, 1.54) is 0 Å². The first kappa shape index (κ1) is 19.0. The first-order chi connectivity index (χ1) is 12.9. The Kier molecular flexibility index (Phi) is 5.56. The van der Waals surface area contributed by atoms with Gasteiger partial charge in [0.1, 0.15) is 5.75 Å². The Labute approximate surface area is 163 Å². The largest absolute Gasteiger partial charge is 0.497 e. The number of rotatable bonds is 5. The smallest absolute Gasteiger partial charge is 0.229 e. The summed E-state index contributed by atoms with van der Waals surface area (Å²) >= 11 is 6.07. The second kappa shape index (κ2) is 7.88. The minimum Gasteiger partial charge on any atom is -0.497 e. The Bertz CT molecular complexity index is 852. The van der Waals surface area contributed by atoms with Crippen molar-refractivity contribution in [2.24, 2.45) is 5.92 Å². The van der Waals surface area contributed by atoms with Crippen molar-refractivity contribution in [3.05, 3.63) is 47.5 Å². The van der Waals surface area contributed by atoms with E-state index in [9.17, 15) is 9.59 Å². The van der Waals surface area contributed by atoms with Crippen LogP contribution in [-0.4, -0.2) is 39.6 Å². The lowest BCUT2D eigenvalue weighted by atomic mass is 10.1. The van der Waals surface area contributed by atoms with E-state index >= 15 is 0 Å². The van der Waals surface area contributed by atoms with Crippen LogP contribution in [0.25, 0.3) is 0 Å². The molecular formula is C20H22ClN3O3. The second-order valence-corrected chi connectivity index (χ2v) is 7.09. The van der Waals surface area contributed by atoms with Gasteiger partial charge in [0.15, 0.2) is 0 Å². The van der Waals surface area contributed by atoms with Gasteiger partial charge in [-0.05, 0) is 42.5 Å². The van der Waals surface area contributed by atoms with Gasteiger partial charge in [0.05, 0.1) is 24.4 Å². The number of benzene rings is 2. The molecule has 27 heavy (non-hydrogen) atoms. The topological polar surface area (TPSA) is 61.9 Å². The fraction of sp³-hybridized carbons (Fsp3) is 0.300. The van der Waals surface area contributed by atoms with Gasteiger partial charge in [0.2, 0.25) is 11.8 Å². The minimum absolute atomic E-state index is 0.0701. The maximum Gasteiger partial charge on any atom is 0.229 e. The first-order valence-corrected chi connectivity index (χ1v) is 8.99. The van der Waals surface area contributed by atoms with Crippen LogP contribution in [0.15, 0.2) is 42.5 Å². The molecule has 1 fully saturated rings. The van der Waals surface area contributed by atoms with E-state index in [2.05, 4.69) is 5.32 Å². The summed E-state index contributed by atoms with van der Waals surface area (Å²) in [6.45, 7) is 0.342. The van der Waals surface area contributed by atoms with Crippen LogP contribution in [-0.2, 0) is 9.59 Å². The summed E-state index contributed by atoms with van der Waals surface area (Å²) in [6, 6.07) is 12.6. The lowest BCUT2D eigenvalue weighted by Crippen LogP contribution is -2.28. The zero-order valence-corrected chi connectivity index (χ0v) is 16.3. The molecule has 0 spiro atoms. The third-order valence-corrected chi connectivity index (χ3v) is 4.81. The minimum atomic E-state index is -0.423. The van der Waals surface area contributed by atoms with Crippen LogP contribution in [0.3, 0.4) is 0 Å². The Morgan fingerprint density at radius 3 is 2.56 bits per heavy atom. The summed E-state index contributed by atoms with van der Waals surface area (Å²) in [5.41, 5.74) is 2.24. The Morgan fingerprint density at radius 1 is 1.22 bits per heavy atom. The number of nitrogens with one attached hydrogen (secondary N) is 1. The zero-order valence-electron chi connectivity index (χ0n) is 15.5. The highest BCUT2D eigenvalue weighted by atomic mass is 35.5. The molecule has 0 bridgehead atoms. The van der Waals surface area contributed by atoms with E-state index in [0.29, 0.717) is 17.3 Å². The fourth-order valence-corrected chi connectivity index (χ4v) is 3.30. The molecule has 0 aromatic heterocycles. The van der Waals surface area contributed by atoms with Crippen molar-refractivity contribution in [1.82, 2.24) is 0 Å². The summed E-state index contributed by atoms with van der Waals surface area (Å²) in [7, 11) is 5.38. The fourth-order valence-electron chi connectivity index (χ4n) is 3.13. The Hall–Kier alpha value is -2.73. The molecule has 1 aliphatic heterocycles. The SMILES string of the molecule is COc1ccc(N2CC(C(=O)Nc3cc(Cl)ccc3N(C)C)CC2=O)cc1. The van der Waals surface area contributed by atoms with Crippen LogP contribution in [0.5, 0.6) is 5.75 Å². The monoisotopic (exact) mass is 387 g/mol. The van der Waals surface area contributed by atoms with Crippen molar-refractivity contribution < 1.29 is 14.3 Å². The molecule has 1 atom stereocenters. The van der Waals surface area contributed by atoms with Crippen molar-refractivity contribution in [1.29, 1.82) is 0 Å². The number of amides is 2. The quantitative estimate of drug-likeness (QED) is 0.854. The lowest BCUT2D eigenvalue weighted by molar-refractivity contribution is -0.122. The molecule has 6 nitrogen and oxygen atoms in total. The van der Waals surface area contributed by atoms with Crippen LogP contribution in [0.2, 0.25) is 5.02 Å². The molecule has 3 rings (SSSR count). The molecule has 1 heterocycles. The van der Waals surface area contributed by atoms with Crippen LogP contribution in [0.1, 0.15) is 6.42 Å². The number of hydrogen-bond acceptors (Lipinski definition) is 4. The molecule has 1 unspecified atom stereocenters. The second-order valence-electron chi connectivity index (χ2n) is 6.65. The average Bonchev–Trinajstić information content (AvgIpc) is 3.03. The molecule has 0 radical (unpaired) electrons. The van der Waals surface area contributed by atoms with Gasteiger partial charge in [-0.1, -0.05) is 11.6 Å². The Morgan fingerprint density at radius 2 is 1.93 bits per heavy atom. The van der Waals surface area contributed by atoms with Crippen LogP contribution >= 0.6 is 11.6 Å². The van der Waals surface area contributed by atoms with E-state index in [1.54, 1.807) is 36.3 Å². The summed E-state index contributed by atoms with van der Waals surface area (Å²) in [6.07, 6.45) is 0.176. The number of carbonyl (C=O) groups excluding carboxylic acids is 2. The van der Waals surface area contributed by atoms with E-state index in [-0.39, 0.29) is 18.2 Å². The van der Waals surface area contributed by atoms with E-state index in [4.69, 9.17) is 16.3 Å². The summed E-state index contributed by atoms with van der Waals surface area (Å²) in [5, 5.41) is 3.46. The predicted octanol–water partition coefficient (Wildman–Crippen LogP) is 3.41. The normalized spacial score (nSPS) is 16.4. The number of carbonyl (C=O) groups is 2. The summed E-state index contributed by atoms with van der Waals surface area (Å²) in [4.78, 5) is 28.7. The molecule has 142 valence electrons. The highest BCUT2D eigenvalue weighted by molar-refractivity contribution is 6.31. The molecule has 2 aromatic carbocycles. The standard InChI is InChI=1S/C20H22ClN3O3/c1-23(2)18-9-4-14(21)11-17(18)22-20(26)13-10-19(25)24(12-13)15-5-7-16(27-3)8-6-15/h4-9,11,13H,10,12H2,1-3H3,(H,22,26). The third kappa shape index (κ3) is 4.17. The van der Waals surface area contributed by atoms with Crippen molar-refractivity contribution in [2.75, 3.05) is 42.9 Å². The van der Waals surface area contributed by atoms with Crippen LogP contribution in [0.4, 0.5) is 17.1 Å². The summed E-state index contributed by atoms with van der Waals surface area (Å²) < 4.78 is 5.14. The van der Waals surface area contributed by atoms with Gasteiger partial charge in [-0.15, -0.1) is 0 Å².